The number of piperidine rings is 1. The zero-order chi connectivity index (χ0) is 21.5. The first-order valence-corrected chi connectivity index (χ1v) is 11.3. The maximum atomic E-state index is 12.6. The number of hydrogen-bond acceptors (Lipinski definition) is 4. The van der Waals surface area contributed by atoms with Crippen LogP contribution in [0, 0.1) is 0 Å². The highest BCUT2D eigenvalue weighted by Gasteiger charge is 2.20. The molecule has 1 saturated heterocycles. The van der Waals surface area contributed by atoms with E-state index in [2.05, 4.69) is 28.2 Å². The molecular formula is C26H31N3O2. The minimum atomic E-state index is -0.00486. The van der Waals surface area contributed by atoms with Gasteiger partial charge in [-0.3, -0.25) is 4.79 Å². The number of para-hydroxylation sites is 1. The lowest BCUT2D eigenvalue weighted by molar-refractivity contribution is 0.0910. The Balaban J connectivity index is 1.26. The van der Waals surface area contributed by atoms with E-state index in [0.717, 1.165) is 48.3 Å². The molecule has 1 aliphatic rings. The first-order chi connectivity index (χ1) is 15.2. The molecule has 2 aromatic carbocycles. The van der Waals surface area contributed by atoms with E-state index >= 15 is 0 Å². The van der Waals surface area contributed by atoms with Crippen LogP contribution in [0.15, 0.2) is 60.7 Å². The SMILES string of the molecule is CCCCN1CCC(NC(=O)c2ccc(OCc3ccc4ccccc4n3)cc2)CC1. The van der Waals surface area contributed by atoms with Crippen LogP contribution in [0.1, 0.15) is 48.7 Å². The van der Waals surface area contributed by atoms with Crippen LogP contribution in [0.4, 0.5) is 0 Å². The highest BCUT2D eigenvalue weighted by molar-refractivity contribution is 5.94. The van der Waals surface area contributed by atoms with Crippen LogP contribution in [0.25, 0.3) is 10.9 Å². The van der Waals surface area contributed by atoms with Crippen LogP contribution >= 0.6 is 0 Å². The molecule has 0 radical (unpaired) electrons. The van der Waals surface area contributed by atoms with E-state index in [9.17, 15) is 4.79 Å². The number of ether oxygens (including phenoxy) is 1. The third-order valence-corrected chi connectivity index (χ3v) is 5.91. The van der Waals surface area contributed by atoms with Crippen molar-refractivity contribution in [2.75, 3.05) is 19.6 Å². The summed E-state index contributed by atoms with van der Waals surface area (Å²) in [6.07, 6.45) is 4.53. The predicted molar refractivity (Wildman–Crippen MR) is 124 cm³/mol. The number of pyridine rings is 1. The Morgan fingerprint density at radius 2 is 1.84 bits per heavy atom. The quantitative estimate of drug-likeness (QED) is 0.572. The smallest absolute Gasteiger partial charge is 0.251 e. The molecule has 1 aromatic heterocycles. The monoisotopic (exact) mass is 417 g/mol. The van der Waals surface area contributed by atoms with E-state index in [1.54, 1.807) is 0 Å². The fourth-order valence-corrected chi connectivity index (χ4v) is 4.00. The summed E-state index contributed by atoms with van der Waals surface area (Å²) in [5.74, 6) is 0.727. The Bertz CT molecular complexity index is 995. The molecule has 0 unspecified atom stereocenters. The van der Waals surface area contributed by atoms with Gasteiger partial charge in [0.2, 0.25) is 0 Å². The van der Waals surface area contributed by atoms with Crippen molar-refractivity contribution >= 4 is 16.8 Å². The highest BCUT2D eigenvalue weighted by Crippen LogP contribution is 2.17. The zero-order valence-corrected chi connectivity index (χ0v) is 18.2. The molecule has 5 nitrogen and oxygen atoms in total. The largest absolute Gasteiger partial charge is 0.487 e. The average molecular weight is 418 g/mol. The number of hydrogen-bond donors (Lipinski definition) is 1. The molecule has 31 heavy (non-hydrogen) atoms. The van der Waals surface area contributed by atoms with E-state index in [4.69, 9.17) is 4.74 Å². The molecule has 0 bridgehead atoms. The van der Waals surface area contributed by atoms with Crippen molar-refractivity contribution in [2.45, 2.75) is 45.3 Å². The topological polar surface area (TPSA) is 54.5 Å². The van der Waals surface area contributed by atoms with Crippen molar-refractivity contribution in [3.63, 3.8) is 0 Å². The summed E-state index contributed by atoms with van der Waals surface area (Å²) in [7, 11) is 0. The third kappa shape index (κ3) is 5.82. The zero-order valence-electron chi connectivity index (χ0n) is 18.2. The molecule has 4 rings (SSSR count). The lowest BCUT2D eigenvalue weighted by Crippen LogP contribution is -2.44. The van der Waals surface area contributed by atoms with Crippen molar-refractivity contribution < 1.29 is 9.53 Å². The predicted octanol–water partition coefficient (Wildman–Crippen LogP) is 4.81. The number of nitrogens with one attached hydrogen (secondary N) is 1. The first-order valence-electron chi connectivity index (χ1n) is 11.3. The van der Waals surface area contributed by atoms with Crippen LogP contribution in [0.2, 0.25) is 0 Å². The van der Waals surface area contributed by atoms with E-state index in [1.165, 1.54) is 19.4 Å². The fraction of sp³-hybridized carbons (Fsp3) is 0.385. The van der Waals surface area contributed by atoms with Crippen molar-refractivity contribution in [1.29, 1.82) is 0 Å². The molecule has 5 heteroatoms. The summed E-state index contributed by atoms with van der Waals surface area (Å²) in [4.78, 5) is 19.7. The summed E-state index contributed by atoms with van der Waals surface area (Å²) in [6, 6.07) is 19.7. The van der Waals surface area contributed by atoms with Gasteiger partial charge in [0.15, 0.2) is 0 Å². The second-order valence-electron chi connectivity index (χ2n) is 8.25. The minimum absolute atomic E-state index is 0.00486. The number of rotatable bonds is 8. The number of likely N-dealkylation sites (tertiary alicyclic amines) is 1. The number of benzene rings is 2. The van der Waals surface area contributed by atoms with Crippen molar-refractivity contribution in [3.8, 4) is 5.75 Å². The highest BCUT2D eigenvalue weighted by atomic mass is 16.5. The molecule has 0 atom stereocenters. The summed E-state index contributed by atoms with van der Waals surface area (Å²) in [5.41, 5.74) is 2.52. The van der Waals surface area contributed by atoms with Crippen LogP contribution in [-0.2, 0) is 6.61 Å². The van der Waals surface area contributed by atoms with Gasteiger partial charge in [-0.15, -0.1) is 0 Å². The number of carbonyl (C=O) groups is 1. The number of amides is 1. The van der Waals surface area contributed by atoms with Crippen molar-refractivity contribution in [2.24, 2.45) is 0 Å². The normalized spacial score (nSPS) is 15.1. The maximum Gasteiger partial charge on any atom is 0.251 e. The lowest BCUT2D eigenvalue weighted by atomic mass is 10.0. The van der Waals surface area contributed by atoms with Gasteiger partial charge in [0, 0.05) is 30.1 Å². The van der Waals surface area contributed by atoms with Crippen LogP contribution in [-0.4, -0.2) is 41.5 Å². The summed E-state index contributed by atoms with van der Waals surface area (Å²) >= 11 is 0. The van der Waals surface area contributed by atoms with Gasteiger partial charge in [-0.1, -0.05) is 37.6 Å². The lowest BCUT2D eigenvalue weighted by Gasteiger charge is -2.32. The molecule has 1 amide bonds. The molecule has 0 saturated carbocycles. The van der Waals surface area contributed by atoms with Gasteiger partial charge in [0.1, 0.15) is 12.4 Å². The molecule has 0 aliphatic carbocycles. The second-order valence-corrected chi connectivity index (χ2v) is 8.25. The summed E-state index contributed by atoms with van der Waals surface area (Å²) in [6.45, 7) is 5.94. The van der Waals surface area contributed by atoms with Crippen LogP contribution in [0.3, 0.4) is 0 Å². The van der Waals surface area contributed by atoms with Gasteiger partial charge in [-0.05, 0) is 62.2 Å². The Morgan fingerprint density at radius 3 is 2.61 bits per heavy atom. The molecule has 3 aromatic rings. The number of unbranched alkanes of at least 4 members (excludes halogenated alkanes) is 1. The van der Waals surface area contributed by atoms with E-state index in [-0.39, 0.29) is 11.9 Å². The van der Waals surface area contributed by atoms with Crippen LogP contribution in [0.5, 0.6) is 5.75 Å². The Hall–Kier alpha value is -2.92. The standard InChI is InChI=1S/C26H31N3O2/c1-2-3-16-29-17-14-22(15-18-29)28-26(30)21-9-12-24(13-10-21)31-19-23-11-8-20-6-4-5-7-25(20)27-23/h4-13,22H,2-3,14-19H2,1H3,(H,28,30). The number of aromatic nitrogens is 1. The fourth-order valence-electron chi connectivity index (χ4n) is 4.00. The number of fused-ring (bicyclic) bond motifs is 1. The molecule has 1 fully saturated rings. The Morgan fingerprint density at radius 1 is 1.06 bits per heavy atom. The van der Waals surface area contributed by atoms with Crippen molar-refractivity contribution in [1.82, 2.24) is 15.2 Å². The third-order valence-electron chi connectivity index (χ3n) is 5.91. The summed E-state index contributed by atoms with van der Waals surface area (Å²) in [5, 5.41) is 4.31. The van der Waals surface area contributed by atoms with Crippen LogP contribution < -0.4 is 10.1 Å². The van der Waals surface area contributed by atoms with Gasteiger partial charge in [0.25, 0.3) is 5.91 Å². The molecular weight excluding hydrogens is 386 g/mol. The Kier molecular flexibility index (Phi) is 7.15. The van der Waals surface area contributed by atoms with E-state index in [0.29, 0.717) is 12.2 Å². The second kappa shape index (κ2) is 10.4. The first kappa shape index (κ1) is 21.3. The van der Waals surface area contributed by atoms with Gasteiger partial charge in [-0.2, -0.15) is 0 Å². The van der Waals surface area contributed by atoms with Crippen molar-refractivity contribution in [3.05, 3.63) is 71.9 Å². The maximum absolute atomic E-state index is 12.6. The van der Waals surface area contributed by atoms with Gasteiger partial charge >= 0.3 is 0 Å². The molecule has 2 heterocycles. The Labute approximate surface area is 184 Å². The molecule has 1 aliphatic heterocycles. The van der Waals surface area contributed by atoms with Gasteiger partial charge < -0.3 is 15.0 Å². The minimum Gasteiger partial charge on any atom is -0.487 e. The average Bonchev–Trinajstić information content (AvgIpc) is 2.82. The van der Waals surface area contributed by atoms with E-state index < -0.39 is 0 Å². The summed E-state index contributed by atoms with van der Waals surface area (Å²) < 4.78 is 5.87. The number of nitrogens with zero attached hydrogens (tertiary/aromatic N) is 2. The van der Waals surface area contributed by atoms with Gasteiger partial charge in [-0.25, -0.2) is 4.98 Å². The van der Waals surface area contributed by atoms with Gasteiger partial charge in [0.05, 0.1) is 11.2 Å². The molecule has 1 N–H and O–H groups in total. The molecule has 162 valence electrons. The van der Waals surface area contributed by atoms with E-state index in [1.807, 2.05) is 54.6 Å². The molecule has 0 spiro atoms. The number of carbonyl (C=O) groups excluding carboxylic acids is 1.